The summed E-state index contributed by atoms with van der Waals surface area (Å²) < 4.78 is 19.3. The fourth-order valence-corrected chi connectivity index (χ4v) is 3.75. The Labute approximate surface area is 173 Å². The maximum Gasteiger partial charge on any atom is 0.339 e. The van der Waals surface area contributed by atoms with E-state index in [1.54, 1.807) is 36.5 Å². The number of halogens is 1. The summed E-state index contributed by atoms with van der Waals surface area (Å²) in [5.74, 6) is -0.514. The first kappa shape index (κ1) is 19.8. The molecular weight excluding hydrogens is 387 g/mol. The average Bonchev–Trinajstić information content (AvgIpc) is 2.74. The van der Waals surface area contributed by atoms with Crippen molar-refractivity contribution >= 4 is 11.8 Å². The largest absolute Gasteiger partial charge is 0.496 e. The van der Waals surface area contributed by atoms with Crippen LogP contribution in [0.5, 0.6) is 5.75 Å². The molecule has 30 heavy (non-hydrogen) atoms. The fraction of sp³-hybridized carbons (Fsp3) is 0.273. The van der Waals surface area contributed by atoms with Crippen LogP contribution in [-0.4, -0.2) is 39.9 Å². The predicted molar refractivity (Wildman–Crippen MR) is 109 cm³/mol. The maximum absolute atomic E-state index is 14.2. The first-order valence-electron chi connectivity index (χ1n) is 9.63. The molecule has 0 saturated heterocycles. The van der Waals surface area contributed by atoms with Crippen LogP contribution in [0.15, 0.2) is 48.7 Å². The van der Waals surface area contributed by atoms with Crippen molar-refractivity contribution < 1.29 is 19.0 Å². The highest BCUT2D eigenvalue weighted by Crippen LogP contribution is 2.43. The maximum atomic E-state index is 14.2. The second-order valence-corrected chi connectivity index (χ2v) is 7.35. The number of aromatic carboxylic acids is 1. The van der Waals surface area contributed by atoms with Crippen LogP contribution in [0, 0.1) is 5.82 Å². The number of aromatic nitrogens is 3. The van der Waals surface area contributed by atoms with Crippen molar-refractivity contribution in [1.29, 1.82) is 0 Å². The van der Waals surface area contributed by atoms with Crippen LogP contribution < -0.4 is 10.1 Å². The molecule has 2 heterocycles. The Kier molecular flexibility index (Phi) is 5.31. The van der Waals surface area contributed by atoms with Crippen molar-refractivity contribution in [3.8, 4) is 17.0 Å². The summed E-state index contributed by atoms with van der Waals surface area (Å²) in [5, 5.41) is 21.0. The molecule has 0 spiro atoms. The molecule has 1 aliphatic rings. The van der Waals surface area contributed by atoms with E-state index in [4.69, 9.17) is 4.74 Å². The van der Waals surface area contributed by atoms with Crippen molar-refractivity contribution in [3.05, 3.63) is 65.7 Å². The summed E-state index contributed by atoms with van der Waals surface area (Å²) in [4.78, 5) is 15.7. The highest BCUT2D eigenvalue weighted by Gasteiger charge is 2.41. The number of nitrogens with zero attached hydrogens (tertiary/aromatic N) is 3. The van der Waals surface area contributed by atoms with E-state index in [2.05, 4.69) is 20.5 Å². The lowest BCUT2D eigenvalue weighted by Crippen LogP contribution is -2.42. The molecule has 0 radical (unpaired) electrons. The quantitative estimate of drug-likeness (QED) is 0.611. The van der Waals surface area contributed by atoms with Gasteiger partial charge in [-0.15, -0.1) is 10.2 Å². The molecule has 0 bridgehead atoms. The van der Waals surface area contributed by atoms with Crippen LogP contribution in [0.4, 0.5) is 10.2 Å². The molecule has 2 N–H and O–H groups in total. The monoisotopic (exact) mass is 408 g/mol. The van der Waals surface area contributed by atoms with Gasteiger partial charge in [0.15, 0.2) is 0 Å². The van der Waals surface area contributed by atoms with Gasteiger partial charge in [0.05, 0.1) is 18.5 Å². The van der Waals surface area contributed by atoms with Crippen LogP contribution >= 0.6 is 0 Å². The molecule has 1 fully saturated rings. The van der Waals surface area contributed by atoms with Gasteiger partial charge in [-0.1, -0.05) is 6.42 Å². The first-order chi connectivity index (χ1) is 14.5. The predicted octanol–water partition coefficient (Wildman–Crippen LogP) is 3.92. The standard InChI is InChI=1S/C22H21FN4O3/c1-30-18-7-5-14(12-15(18)21(28)29)17-6-8-19(27-26-17)25-13-22(9-3-10-22)20-16(23)4-2-11-24-20/h2,4-8,11-12H,3,9-10,13H2,1H3,(H,25,27)(H,28,29). The lowest BCUT2D eigenvalue weighted by molar-refractivity contribution is 0.0693. The second-order valence-electron chi connectivity index (χ2n) is 7.35. The lowest BCUT2D eigenvalue weighted by atomic mass is 9.66. The highest BCUT2D eigenvalue weighted by molar-refractivity contribution is 5.92. The molecule has 0 aliphatic heterocycles. The van der Waals surface area contributed by atoms with Crippen molar-refractivity contribution in [3.63, 3.8) is 0 Å². The van der Waals surface area contributed by atoms with Crippen molar-refractivity contribution in [2.75, 3.05) is 19.0 Å². The number of carbonyl (C=O) groups is 1. The molecule has 2 aromatic heterocycles. The number of hydrogen-bond acceptors (Lipinski definition) is 6. The fourth-order valence-electron chi connectivity index (χ4n) is 3.75. The van der Waals surface area contributed by atoms with E-state index in [0.29, 0.717) is 29.3 Å². The van der Waals surface area contributed by atoms with E-state index in [9.17, 15) is 14.3 Å². The molecular formula is C22H21FN4O3. The molecule has 0 unspecified atom stereocenters. The van der Waals surface area contributed by atoms with E-state index in [0.717, 1.165) is 19.3 Å². The third-order valence-corrected chi connectivity index (χ3v) is 5.57. The third-order valence-electron chi connectivity index (χ3n) is 5.57. The van der Waals surface area contributed by atoms with Crippen molar-refractivity contribution in [2.45, 2.75) is 24.7 Å². The minimum atomic E-state index is -1.08. The van der Waals surface area contributed by atoms with Crippen molar-refractivity contribution in [2.24, 2.45) is 0 Å². The number of pyridine rings is 1. The minimum Gasteiger partial charge on any atom is -0.496 e. The highest BCUT2D eigenvalue weighted by atomic mass is 19.1. The lowest BCUT2D eigenvalue weighted by Gasteiger charge is -2.41. The van der Waals surface area contributed by atoms with E-state index < -0.39 is 5.97 Å². The molecule has 8 heteroatoms. The summed E-state index contributed by atoms with van der Waals surface area (Å²) in [7, 11) is 1.42. The molecule has 1 aliphatic carbocycles. The number of methoxy groups -OCH3 is 1. The van der Waals surface area contributed by atoms with Crippen LogP contribution in [-0.2, 0) is 5.41 Å². The summed E-state index contributed by atoms with van der Waals surface area (Å²) >= 11 is 0. The normalized spacial score (nSPS) is 14.6. The van der Waals surface area contributed by atoms with Gasteiger partial charge in [-0.3, -0.25) is 4.98 Å². The summed E-state index contributed by atoms with van der Waals surface area (Å²) in [6.07, 6.45) is 4.38. The molecule has 0 atom stereocenters. The van der Waals surface area contributed by atoms with Gasteiger partial charge in [0.2, 0.25) is 0 Å². The molecule has 154 valence electrons. The first-order valence-corrected chi connectivity index (χ1v) is 9.63. The average molecular weight is 408 g/mol. The SMILES string of the molecule is COc1ccc(-c2ccc(NCC3(c4ncccc4F)CCC3)nn2)cc1C(=O)O. The zero-order chi connectivity index (χ0) is 21.1. The Morgan fingerprint density at radius 1 is 1.23 bits per heavy atom. The summed E-state index contributed by atoms with van der Waals surface area (Å²) in [6, 6.07) is 11.4. The summed E-state index contributed by atoms with van der Waals surface area (Å²) in [5.41, 5.74) is 1.38. The topological polar surface area (TPSA) is 97.2 Å². The van der Waals surface area contributed by atoms with Crippen LogP contribution in [0.25, 0.3) is 11.3 Å². The molecule has 0 amide bonds. The molecule has 1 aromatic carbocycles. The second kappa shape index (κ2) is 8.06. The number of rotatable bonds is 7. The van der Waals surface area contributed by atoms with Crippen LogP contribution in [0.2, 0.25) is 0 Å². The van der Waals surface area contributed by atoms with Crippen molar-refractivity contribution in [1.82, 2.24) is 15.2 Å². The van der Waals surface area contributed by atoms with Gasteiger partial charge in [-0.25, -0.2) is 9.18 Å². The number of carboxylic acid groups (broad SMARTS) is 1. The summed E-state index contributed by atoms with van der Waals surface area (Å²) in [6.45, 7) is 0.515. The molecule has 7 nitrogen and oxygen atoms in total. The smallest absolute Gasteiger partial charge is 0.339 e. The minimum absolute atomic E-state index is 0.0586. The van der Waals surface area contributed by atoms with Crippen LogP contribution in [0.1, 0.15) is 35.3 Å². The zero-order valence-corrected chi connectivity index (χ0v) is 16.4. The van der Waals surface area contributed by atoms with E-state index >= 15 is 0 Å². The number of ether oxygens (including phenoxy) is 1. The van der Waals surface area contributed by atoms with Gasteiger partial charge in [0.1, 0.15) is 22.9 Å². The number of nitrogens with one attached hydrogen (secondary N) is 1. The number of anilines is 1. The van der Waals surface area contributed by atoms with Gasteiger partial charge < -0.3 is 15.2 Å². The van der Waals surface area contributed by atoms with E-state index in [-0.39, 0.29) is 22.5 Å². The Balaban J connectivity index is 1.50. The Morgan fingerprint density at radius 3 is 2.67 bits per heavy atom. The third kappa shape index (κ3) is 3.68. The van der Waals surface area contributed by atoms with E-state index in [1.165, 1.54) is 19.2 Å². The number of hydrogen-bond donors (Lipinski definition) is 2. The van der Waals surface area contributed by atoms with Gasteiger partial charge >= 0.3 is 5.97 Å². The number of carboxylic acids is 1. The van der Waals surface area contributed by atoms with Gasteiger partial charge in [0, 0.05) is 23.7 Å². The number of benzene rings is 1. The molecule has 1 saturated carbocycles. The van der Waals surface area contributed by atoms with E-state index in [1.807, 2.05) is 0 Å². The Morgan fingerprint density at radius 2 is 2.07 bits per heavy atom. The van der Waals surface area contributed by atoms with Crippen LogP contribution in [0.3, 0.4) is 0 Å². The van der Waals surface area contributed by atoms with Gasteiger partial charge in [-0.05, 0) is 55.3 Å². The van der Waals surface area contributed by atoms with Gasteiger partial charge in [0.25, 0.3) is 0 Å². The molecule has 4 rings (SSSR count). The van der Waals surface area contributed by atoms with Gasteiger partial charge in [-0.2, -0.15) is 0 Å². The Hall–Kier alpha value is -3.55. The zero-order valence-electron chi connectivity index (χ0n) is 16.4. The molecule has 3 aromatic rings. The Bertz CT molecular complexity index is 1070.